The third kappa shape index (κ3) is 5.71. The van der Waals surface area contributed by atoms with Gasteiger partial charge < -0.3 is 14.3 Å². The number of hydrogen-bond donors (Lipinski definition) is 0. The number of esters is 1. The Labute approximate surface area is 123 Å². The molecular formula is C16H18O5. The van der Waals surface area contributed by atoms with E-state index in [1.165, 1.54) is 6.08 Å². The lowest BCUT2D eigenvalue weighted by molar-refractivity contribution is -0.159. The lowest BCUT2D eigenvalue weighted by Gasteiger charge is -2.13. The zero-order valence-corrected chi connectivity index (χ0v) is 11.9. The molecule has 112 valence electrons. The maximum atomic E-state index is 11.8. The number of aldehydes is 1. The minimum Gasteiger partial charge on any atom is -0.456 e. The average Bonchev–Trinajstić information content (AvgIpc) is 2.50. The van der Waals surface area contributed by atoms with E-state index in [0.717, 1.165) is 11.1 Å². The first kappa shape index (κ1) is 16.8. The molecule has 5 heteroatoms. The Morgan fingerprint density at radius 3 is 2.52 bits per heavy atom. The van der Waals surface area contributed by atoms with Gasteiger partial charge in [0.25, 0.3) is 5.78 Å². The smallest absolute Gasteiger partial charge is 0.377 e. The molecule has 1 atom stereocenters. The van der Waals surface area contributed by atoms with Crippen LogP contribution in [0.4, 0.5) is 0 Å². The summed E-state index contributed by atoms with van der Waals surface area (Å²) in [5.74, 6) is -1.89. The predicted molar refractivity (Wildman–Crippen MR) is 76.6 cm³/mol. The number of carbonyl (C=O) groups is 3. The average molecular weight is 290 g/mol. The van der Waals surface area contributed by atoms with Crippen molar-refractivity contribution in [2.75, 3.05) is 6.61 Å². The van der Waals surface area contributed by atoms with Crippen LogP contribution in [0, 0.1) is 6.92 Å². The highest BCUT2D eigenvalue weighted by molar-refractivity contribution is 6.35. The van der Waals surface area contributed by atoms with Crippen LogP contribution in [0.1, 0.15) is 17.5 Å². The van der Waals surface area contributed by atoms with E-state index >= 15 is 0 Å². The second kappa shape index (κ2) is 8.81. The minimum atomic E-state index is -1.12. The van der Waals surface area contributed by atoms with Crippen molar-refractivity contribution in [1.29, 1.82) is 0 Å². The predicted octanol–water partition coefficient (Wildman–Crippen LogP) is 1.77. The molecule has 0 aliphatic rings. The molecule has 0 bridgehead atoms. The van der Waals surface area contributed by atoms with Crippen LogP contribution in [-0.4, -0.2) is 30.7 Å². The number of ketones is 1. The second-order valence-electron chi connectivity index (χ2n) is 4.44. The quantitative estimate of drug-likeness (QED) is 0.300. The zero-order valence-electron chi connectivity index (χ0n) is 11.9. The summed E-state index contributed by atoms with van der Waals surface area (Å²) in [5.41, 5.74) is 1.95. The topological polar surface area (TPSA) is 69.7 Å². The van der Waals surface area contributed by atoms with Crippen molar-refractivity contribution < 1.29 is 23.9 Å². The molecule has 0 heterocycles. The molecule has 0 saturated carbocycles. The highest BCUT2D eigenvalue weighted by atomic mass is 16.5. The fourth-order valence-corrected chi connectivity index (χ4v) is 1.56. The van der Waals surface area contributed by atoms with Crippen LogP contribution in [0.3, 0.4) is 0 Å². The Hall–Kier alpha value is -2.27. The Kier molecular flexibility index (Phi) is 7.04. The fraction of sp³-hybridized carbons (Fsp3) is 0.312. The molecule has 0 aliphatic carbocycles. The lowest BCUT2D eigenvalue weighted by Crippen LogP contribution is -2.32. The van der Waals surface area contributed by atoms with E-state index in [9.17, 15) is 14.4 Å². The van der Waals surface area contributed by atoms with Crippen molar-refractivity contribution in [3.63, 3.8) is 0 Å². The Morgan fingerprint density at radius 1 is 1.29 bits per heavy atom. The lowest BCUT2D eigenvalue weighted by atomic mass is 10.1. The minimum absolute atomic E-state index is 0.0592. The molecule has 21 heavy (non-hydrogen) atoms. The monoisotopic (exact) mass is 290 g/mol. The van der Waals surface area contributed by atoms with Gasteiger partial charge in [0.05, 0.1) is 6.61 Å². The van der Waals surface area contributed by atoms with Gasteiger partial charge in [0.2, 0.25) is 0 Å². The largest absolute Gasteiger partial charge is 0.456 e. The van der Waals surface area contributed by atoms with Crippen LogP contribution in [0.15, 0.2) is 36.9 Å². The third-order valence-corrected chi connectivity index (χ3v) is 2.71. The summed E-state index contributed by atoms with van der Waals surface area (Å²) in [6.07, 6.45) is 0.584. The number of carbonyl (C=O) groups excluding carboxylic acids is 3. The normalized spacial score (nSPS) is 11.5. The number of ether oxygens (including phenoxy) is 2. The Bertz CT molecular complexity index is 504. The first-order valence-corrected chi connectivity index (χ1v) is 6.51. The number of hydrogen-bond acceptors (Lipinski definition) is 5. The van der Waals surface area contributed by atoms with Gasteiger partial charge >= 0.3 is 5.97 Å². The fourth-order valence-electron chi connectivity index (χ4n) is 1.56. The molecule has 5 nitrogen and oxygen atoms in total. The van der Waals surface area contributed by atoms with Crippen molar-refractivity contribution in [3.8, 4) is 0 Å². The molecule has 0 aliphatic heterocycles. The summed E-state index contributed by atoms with van der Waals surface area (Å²) in [7, 11) is 0. The van der Waals surface area contributed by atoms with Crippen LogP contribution in [0.25, 0.3) is 0 Å². The molecule has 1 unspecified atom stereocenters. The van der Waals surface area contributed by atoms with Crippen LogP contribution < -0.4 is 0 Å². The number of benzene rings is 1. The molecule has 1 aromatic rings. The van der Waals surface area contributed by atoms with Gasteiger partial charge in [-0.05, 0) is 12.5 Å². The van der Waals surface area contributed by atoms with Gasteiger partial charge in [-0.1, -0.05) is 42.5 Å². The molecule has 0 N–H and O–H groups in total. The summed E-state index contributed by atoms with van der Waals surface area (Å²) in [6.45, 7) is 5.42. The van der Waals surface area contributed by atoms with Crippen molar-refractivity contribution in [2.45, 2.75) is 26.1 Å². The highest BCUT2D eigenvalue weighted by Gasteiger charge is 2.27. The van der Waals surface area contributed by atoms with Crippen LogP contribution in [0.2, 0.25) is 0 Å². The van der Waals surface area contributed by atoms with Crippen LogP contribution >= 0.6 is 0 Å². The Morgan fingerprint density at radius 2 is 1.95 bits per heavy atom. The van der Waals surface area contributed by atoms with Crippen molar-refractivity contribution in [1.82, 2.24) is 0 Å². The molecule has 1 aromatic carbocycles. The summed E-state index contributed by atoms with van der Waals surface area (Å²) >= 11 is 0. The van der Waals surface area contributed by atoms with Gasteiger partial charge in [-0.3, -0.25) is 4.79 Å². The van der Waals surface area contributed by atoms with E-state index in [4.69, 9.17) is 4.74 Å². The van der Waals surface area contributed by atoms with Crippen LogP contribution in [-0.2, 0) is 30.5 Å². The van der Waals surface area contributed by atoms with E-state index in [1.807, 2.05) is 31.2 Å². The maximum absolute atomic E-state index is 11.8. The molecule has 1 rings (SSSR count). The Balaban J connectivity index is 2.61. The van der Waals surface area contributed by atoms with E-state index in [2.05, 4.69) is 11.3 Å². The molecule has 0 spiro atoms. The summed E-state index contributed by atoms with van der Waals surface area (Å²) in [5, 5.41) is 0. The summed E-state index contributed by atoms with van der Waals surface area (Å²) in [4.78, 5) is 33.9. The van der Waals surface area contributed by atoms with E-state index in [0.29, 0.717) is 6.29 Å². The van der Waals surface area contributed by atoms with Gasteiger partial charge in [0.15, 0.2) is 0 Å². The third-order valence-electron chi connectivity index (χ3n) is 2.71. The summed E-state index contributed by atoms with van der Waals surface area (Å²) in [6, 6.07) is 7.53. The molecular weight excluding hydrogens is 272 g/mol. The highest BCUT2D eigenvalue weighted by Crippen LogP contribution is 2.09. The number of aryl methyl sites for hydroxylation is 1. The first-order valence-electron chi connectivity index (χ1n) is 6.51. The van der Waals surface area contributed by atoms with Gasteiger partial charge in [-0.25, -0.2) is 4.79 Å². The standard InChI is InChI=1S/C16H18O5/c1-3-10-20-16(19)15(18)14(8-9-17)21-11-13-6-4-12(2)5-7-13/h3-7,9,14H,1,8,10-11H2,2H3. The molecule has 0 aromatic heterocycles. The zero-order chi connectivity index (χ0) is 15.7. The van der Waals surface area contributed by atoms with E-state index in [1.54, 1.807) is 0 Å². The van der Waals surface area contributed by atoms with E-state index < -0.39 is 17.9 Å². The number of rotatable bonds is 9. The first-order chi connectivity index (χ1) is 10.1. The number of Topliss-reactive ketones (excluding diaryl/α,β-unsaturated/α-hetero) is 1. The van der Waals surface area contributed by atoms with Gasteiger partial charge in [0.1, 0.15) is 19.0 Å². The van der Waals surface area contributed by atoms with Crippen LogP contribution in [0.5, 0.6) is 0 Å². The second-order valence-corrected chi connectivity index (χ2v) is 4.44. The van der Waals surface area contributed by atoms with Gasteiger partial charge in [0, 0.05) is 6.42 Å². The van der Waals surface area contributed by atoms with E-state index in [-0.39, 0.29) is 19.6 Å². The molecule has 0 saturated heterocycles. The maximum Gasteiger partial charge on any atom is 0.377 e. The molecule has 0 amide bonds. The van der Waals surface area contributed by atoms with Crippen molar-refractivity contribution in [2.24, 2.45) is 0 Å². The van der Waals surface area contributed by atoms with Crippen molar-refractivity contribution in [3.05, 3.63) is 48.0 Å². The molecule has 0 fully saturated rings. The molecule has 0 radical (unpaired) electrons. The SMILES string of the molecule is C=CCOC(=O)C(=O)C(CC=O)OCc1ccc(C)cc1. The van der Waals surface area contributed by atoms with Gasteiger partial charge in [-0.2, -0.15) is 0 Å². The summed E-state index contributed by atoms with van der Waals surface area (Å²) < 4.78 is 10.0. The van der Waals surface area contributed by atoms with Crippen molar-refractivity contribution >= 4 is 18.0 Å². The van der Waals surface area contributed by atoms with Gasteiger partial charge in [-0.15, -0.1) is 0 Å².